The average Bonchev–Trinajstić information content (AvgIpc) is 2.92. The maximum Gasteiger partial charge on any atom is 0.249 e. The number of aromatic nitrogens is 2. The molecule has 0 bridgehead atoms. The van der Waals surface area contributed by atoms with Crippen LogP contribution in [0.3, 0.4) is 0 Å². The monoisotopic (exact) mass is 366 g/mol. The molecule has 2 aliphatic rings. The first-order valence-electron chi connectivity index (χ1n) is 8.86. The smallest absolute Gasteiger partial charge is 0.249 e. The van der Waals surface area contributed by atoms with E-state index in [1.807, 2.05) is 15.6 Å². The van der Waals surface area contributed by atoms with Gasteiger partial charge in [0.1, 0.15) is 0 Å². The number of sulfonamides is 1. The fourth-order valence-electron chi connectivity index (χ4n) is 3.55. The summed E-state index contributed by atoms with van der Waals surface area (Å²) < 4.78 is 27.0. The van der Waals surface area contributed by atoms with Gasteiger partial charge in [-0.1, -0.05) is 6.08 Å². The normalized spacial score (nSPS) is 21.4. The van der Waals surface area contributed by atoms with E-state index in [2.05, 4.69) is 15.9 Å². The molecule has 138 valence electrons. The number of amides is 1. The number of allylic oxidation sites excluding steroid dienone is 1. The van der Waals surface area contributed by atoms with Crippen LogP contribution in [0.5, 0.6) is 0 Å². The van der Waals surface area contributed by atoms with Crippen molar-refractivity contribution < 1.29 is 13.2 Å². The van der Waals surface area contributed by atoms with E-state index in [1.165, 1.54) is 0 Å². The molecule has 7 nitrogen and oxygen atoms in total. The van der Waals surface area contributed by atoms with Gasteiger partial charge in [-0.05, 0) is 44.1 Å². The third kappa shape index (κ3) is 4.92. The van der Waals surface area contributed by atoms with E-state index in [1.54, 1.807) is 6.20 Å². The number of rotatable bonds is 5. The Morgan fingerprint density at radius 2 is 2.20 bits per heavy atom. The molecule has 1 aliphatic heterocycles. The molecule has 0 radical (unpaired) electrons. The zero-order valence-corrected chi connectivity index (χ0v) is 15.5. The van der Waals surface area contributed by atoms with Gasteiger partial charge in [0.2, 0.25) is 15.9 Å². The molecule has 2 heterocycles. The Bertz CT molecular complexity index is 754. The highest BCUT2D eigenvalue weighted by atomic mass is 32.2. The number of hydrogen-bond acceptors (Lipinski definition) is 4. The minimum atomic E-state index is -3.19. The van der Waals surface area contributed by atoms with Crippen LogP contribution in [0.15, 0.2) is 23.9 Å². The third-order valence-electron chi connectivity index (χ3n) is 4.84. The minimum Gasteiger partial charge on any atom is -0.333 e. The van der Waals surface area contributed by atoms with Gasteiger partial charge in [0.25, 0.3) is 0 Å². The van der Waals surface area contributed by atoms with Crippen LogP contribution in [-0.2, 0) is 27.9 Å². The lowest BCUT2D eigenvalue weighted by Gasteiger charge is -2.26. The molecule has 1 N–H and O–H groups in total. The second-order valence-corrected chi connectivity index (χ2v) is 8.82. The number of hydrogen-bond donors (Lipinski definition) is 1. The van der Waals surface area contributed by atoms with Gasteiger partial charge in [0, 0.05) is 31.4 Å². The van der Waals surface area contributed by atoms with Gasteiger partial charge in [0.05, 0.1) is 18.5 Å². The minimum absolute atomic E-state index is 0.121. The summed E-state index contributed by atoms with van der Waals surface area (Å²) in [5.74, 6) is 0.291. The van der Waals surface area contributed by atoms with Crippen molar-refractivity contribution in [3.8, 4) is 0 Å². The summed E-state index contributed by atoms with van der Waals surface area (Å²) in [5, 5.41) is 4.36. The van der Waals surface area contributed by atoms with Crippen molar-refractivity contribution in [2.24, 2.45) is 5.92 Å². The van der Waals surface area contributed by atoms with Gasteiger partial charge in [-0.3, -0.25) is 9.48 Å². The molecule has 1 aromatic heterocycles. The van der Waals surface area contributed by atoms with Crippen molar-refractivity contribution in [3.05, 3.63) is 29.6 Å². The molecule has 3 rings (SSSR count). The molecule has 1 unspecified atom stereocenters. The first-order chi connectivity index (χ1) is 11.9. The van der Waals surface area contributed by atoms with Crippen LogP contribution >= 0.6 is 0 Å². The van der Waals surface area contributed by atoms with Crippen molar-refractivity contribution in [3.63, 3.8) is 0 Å². The van der Waals surface area contributed by atoms with Crippen LogP contribution in [0, 0.1) is 5.92 Å². The predicted molar refractivity (Wildman–Crippen MR) is 95.1 cm³/mol. The molecule has 1 aliphatic carbocycles. The van der Waals surface area contributed by atoms with Crippen LogP contribution in [0.1, 0.15) is 37.8 Å². The molecule has 0 spiro atoms. The summed E-state index contributed by atoms with van der Waals surface area (Å²) in [7, 11) is -3.19. The standard InChI is InChI=1S/C17H26N4O3S/c1-25(23,24)19-10-7-14-11-20(13-16-8-9-18-21(16)12-14)17(22)15-5-3-2-4-6-15/h5,8-9,14,19H,2-4,6-7,10-13H2,1H3. The van der Waals surface area contributed by atoms with Crippen molar-refractivity contribution in [1.82, 2.24) is 19.4 Å². The number of carbonyl (C=O) groups is 1. The van der Waals surface area contributed by atoms with Crippen LogP contribution in [0.25, 0.3) is 0 Å². The van der Waals surface area contributed by atoms with Crippen molar-refractivity contribution >= 4 is 15.9 Å². The van der Waals surface area contributed by atoms with E-state index in [0.717, 1.165) is 43.2 Å². The van der Waals surface area contributed by atoms with E-state index >= 15 is 0 Å². The number of carbonyl (C=O) groups excluding carboxylic acids is 1. The second-order valence-electron chi connectivity index (χ2n) is 6.99. The first kappa shape index (κ1) is 18.1. The third-order valence-corrected chi connectivity index (χ3v) is 5.57. The maximum atomic E-state index is 12.9. The van der Waals surface area contributed by atoms with Gasteiger partial charge in [0.15, 0.2) is 0 Å². The Balaban J connectivity index is 1.72. The predicted octanol–water partition coefficient (Wildman–Crippen LogP) is 1.28. The lowest BCUT2D eigenvalue weighted by Crippen LogP contribution is -2.36. The SMILES string of the molecule is CS(=O)(=O)NCCC1CN(C(=O)C2=CCCCC2)Cc2ccnn2C1. The quantitative estimate of drug-likeness (QED) is 0.851. The summed E-state index contributed by atoms with van der Waals surface area (Å²) in [6, 6.07) is 1.95. The fourth-order valence-corrected chi connectivity index (χ4v) is 4.04. The highest BCUT2D eigenvalue weighted by Gasteiger charge is 2.27. The Hall–Kier alpha value is -1.67. The van der Waals surface area contributed by atoms with Crippen LogP contribution < -0.4 is 4.72 Å². The van der Waals surface area contributed by atoms with Crippen molar-refractivity contribution in [1.29, 1.82) is 0 Å². The van der Waals surface area contributed by atoms with Crippen molar-refractivity contribution in [2.45, 2.75) is 45.2 Å². The summed E-state index contributed by atoms with van der Waals surface area (Å²) in [4.78, 5) is 14.8. The summed E-state index contributed by atoms with van der Waals surface area (Å²) in [6.45, 7) is 2.28. The average molecular weight is 366 g/mol. The molecule has 1 aromatic rings. The van der Waals surface area contributed by atoms with Crippen LogP contribution in [-0.4, -0.2) is 48.4 Å². The Morgan fingerprint density at radius 1 is 1.36 bits per heavy atom. The molecule has 1 amide bonds. The molecular weight excluding hydrogens is 340 g/mol. The van der Waals surface area contributed by atoms with Gasteiger partial charge in [-0.15, -0.1) is 0 Å². The van der Waals surface area contributed by atoms with Gasteiger partial charge < -0.3 is 4.90 Å². The van der Waals surface area contributed by atoms with E-state index in [-0.39, 0.29) is 11.8 Å². The number of fused-ring (bicyclic) bond motifs is 1. The Kier molecular flexibility index (Phi) is 5.58. The summed E-state index contributed by atoms with van der Waals surface area (Å²) in [5.41, 5.74) is 1.95. The molecule has 0 aromatic carbocycles. The fraction of sp³-hybridized carbons (Fsp3) is 0.647. The van der Waals surface area contributed by atoms with Gasteiger partial charge in [-0.2, -0.15) is 5.10 Å². The highest BCUT2D eigenvalue weighted by Crippen LogP contribution is 2.24. The van der Waals surface area contributed by atoms with Crippen LogP contribution in [0.2, 0.25) is 0 Å². The second kappa shape index (κ2) is 7.70. The largest absolute Gasteiger partial charge is 0.333 e. The molecule has 0 saturated carbocycles. The van der Waals surface area contributed by atoms with E-state index in [9.17, 15) is 13.2 Å². The zero-order valence-electron chi connectivity index (χ0n) is 14.6. The first-order valence-corrected chi connectivity index (χ1v) is 10.7. The van der Waals surface area contributed by atoms with Gasteiger partial charge >= 0.3 is 0 Å². The molecular formula is C17H26N4O3S. The lowest BCUT2D eigenvalue weighted by atomic mass is 9.98. The van der Waals surface area contributed by atoms with E-state index in [4.69, 9.17) is 0 Å². The summed E-state index contributed by atoms with van der Waals surface area (Å²) in [6.07, 6.45) is 9.74. The summed E-state index contributed by atoms with van der Waals surface area (Å²) >= 11 is 0. The van der Waals surface area contributed by atoms with E-state index < -0.39 is 10.0 Å². The molecule has 0 saturated heterocycles. The zero-order chi connectivity index (χ0) is 17.9. The lowest BCUT2D eigenvalue weighted by molar-refractivity contribution is -0.128. The topological polar surface area (TPSA) is 84.3 Å². The molecule has 1 atom stereocenters. The molecule has 8 heteroatoms. The molecule has 0 fully saturated rings. The Morgan fingerprint density at radius 3 is 2.92 bits per heavy atom. The molecule has 25 heavy (non-hydrogen) atoms. The highest BCUT2D eigenvalue weighted by molar-refractivity contribution is 7.88. The van der Waals surface area contributed by atoms with Crippen molar-refractivity contribution in [2.75, 3.05) is 19.3 Å². The van der Waals surface area contributed by atoms with Crippen LogP contribution in [0.4, 0.5) is 0 Å². The van der Waals surface area contributed by atoms with E-state index in [0.29, 0.717) is 32.6 Å². The number of nitrogens with zero attached hydrogens (tertiary/aromatic N) is 3. The maximum absolute atomic E-state index is 12.9. The number of nitrogens with one attached hydrogen (secondary N) is 1. The van der Waals surface area contributed by atoms with Gasteiger partial charge in [-0.25, -0.2) is 13.1 Å². The Labute approximate surface area is 149 Å².